The van der Waals surface area contributed by atoms with Gasteiger partial charge >= 0.3 is 0 Å². The minimum Gasteiger partial charge on any atom is -0.506 e. The highest BCUT2D eigenvalue weighted by atomic mass is 16.3. The molecular formula is C23H26N2O. The standard InChI is InChI=1S/C23H26N2O/c1-4-7-12-20(22(24)6-3)17-10-8-11-18(15-17)21(9-5-2)23-14-13-19(26)16-25-23/h4-8,10-16,21,26H,2,9,24H2,1,3H3/b7-4-,20-12-,22-6+. The molecule has 1 aromatic carbocycles. The average molecular weight is 346 g/mol. The number of rotatable bonds is 7. The second-order valence-electron chi connectivity index (χ2n) is 5.99. The number of allylic oxidation sites excluding steroid dienone is 6. The second-order valence-corrected chi connectivity index (χ2v) is 5.99. The number of hydrogen-bond acceptors (Lipinski definition) is 3. The summed E-state index contributed by atoms with van der Waals surface area (Å²) in [6.45, 7) is 7.80. The highest BCUT2D eigenvalue weighted by Gasteiger charge is 2.16. The van der Waals surface area contributed by atoms with Crippen molar-refractivity contribution in [1.29, 1.82) is 0 Å². The number of aromatic nitrogens is 1. The number of nitrogens with zero attached hydrogens (tertiary/aromatic N) is 1. The minimum absolute atomic E-state index is 0.0721. The molecule has 0 amide bonds. The average Bonchev–Trinajstić information content (AvgIpc) is 2.67. The molecule has 0 saturated heterocycles. The van der Waals surface area contributed by atoms with Crippen molar-refractivity contribution in [2.45, 2.75) is 26.2 Å². The zero-order valence-electron chi connectivity index (χ0n) is 15.4. The van der Waals surface area contributed by atoms with Gasteiger partial charge in [0.15, 0.2) is 0 Å². The summed E-state index contributed by atoms with van der Waals surface area (Å²) < 4.78 is 0. The molecule has 0 spiro atoms. The number of nitrogens with two attached hydrogens (primary N) is 1. The van der Waals surface area contributed by atoms with Crippen LogP contribution in [0.2, 0.25) is 0 Å². The Hall–Kier alpha value is -3.07. The van der Waals surface area contributed by atoms with E-state index >= 15 is 0 Å². The van der Waals surface area contributed by atoms with Crippen LogP contribution in [0.25, 0.3) is 5.57 Å². The summed E-state index contributed by atoms with van der Waals surface area (Å²) >= 11 is 0. The lowest BCUT2D eigenvalue weighted by Crippen LogP contribution is -2.05. The van der Waals surface area contributed by atoms with Crippen molar-refractivity contribution in [3.8, 4) is 5.75 Å². The first-order valence-electron chi connectivity index (χ1n) is 8.72. The molecule has 0 fully saturated rings. The van der Waals surface area contributed by atoms with Crippen molar-refractivity contribution in [1.82, 2.24) is 4.98 Å². The molecule has 3 N–H and O–H groups in total. The van der Waals surface area contributed by atoms with Gasteiger partial charge in [0, 0.05) is 22.9 Å². The maximum Gasteiger partial charge on any atom is 0.133 e. The number of benzene rings is 1. The Balaban J connectivity index is 2.50. The van der Waals surface area contributed by atoms with Crippen LogP contribution in [0.5, 0.6) is 5.75 Å². The second kappa shape index (κ2) is 9.42. The summed E-state index contributed by atoms with van der Waals surface area (Å²) in [6.07, 6.45) is 12.0. The molecule has 1 heterocycles. The van der Waals surface area contributed by atoms with Crippen LogP contribution in [0, 0.1) is 0 Å². The van der Waals surface area contributed by atoms with Crippen molar-refractivity contribution in [3.63, 3.8) is 0 Å². The van der Waals surface area contributed by atoms with Crippen LogP contribution in [0.4, 0.5) is 0 Å². The van der Waals surface area contributed by atoms with Gasteiger partial charge in [-0.2, -0.15) is 0 Å². The molecule has 1 unspecified atom stereocenters. The van der Waals surface area contributed by atoms with E-state index in [2.05, 4.69) is 29.8 Å². The maximum atomic E-state index is 9.51. The van der Waals surface area contributed by atoms with E-state index in [-0.39, 0.29) is 11.7 Å². The molecule has 0 aliphatic carbocycles. The first kappa shape index (κ1) is 19.3. The van der Waals surface area contributed by atoms with Crippen LogP contribution in [-0.4, -0.2) is 10.1 Å². The fraction of sp³-hybridized carbons (Fsp3) is 0.174. The summed E-state index contributed by atoms with van der Waals surface area (Å²) in [7, 11) is 0. The zero-order chi connectivity index (χ0) is 18.9. The van der Waals surface area contributed by atoms with E-state index in [0.717, 1.165) is 34.5 Å². The largest absolute Gasteiger partial charge is 0.506 e. The van der Waals surface area contributed by atoms with Crippen LogP contribution in [0.3, 0.4) is 0 Å². The van der Waals surface area contributed by atoms with Crippen LogP contribution < -0.4 is 5.73 Å². The summed E-state index contributed by atoms with van der Waals surface area (Å²) in [5.74, 6) is 0.236. The van der Waals surface area contributed by atoms with Gasteiger partial charge in [0.25, 0.3) is 0 Å². The Labute approximate surface area is 155 Å². The van der Waals surface area contributed by atoms with E-state index in [1.54, 1.807) is 6.07 Å². The minimum atomic E-state index is 0.0721. The van der Waals surface area contributed by atoms with Gasteiger partial charge in [-0.1, -0.05) is 54.6 Å². The summed E-state index contributed by atoms with van der Waals surface area (Å²) in [5, 5.41) is 9.51. The third-order valence-electron chi connectivity index (χ3n) is 4.21. The molecule has 3 nitrogen and oxygen atoms in total. The fourth-order valence-corrected chi connectivity index (χ4v) is 2.83. The maximum absolute atomic E-state index is 9.51. The summed E-state index contributed by atoms with van der Waals surface area (Å²) in [4.78, 5) is 4.39. The molecule has 0 bridgehead atoms. The molecule has 2 aromatic rings. The monoisotopic (exact) mass is 346 g/mol. The summed E-state index contributed by atoms with van der Waals surface area (Å²) in [5.41, 5.74) is 11.0. The van der Waals surface area contributed by atoms with E-state index < -0.39 is 0 Å². The van der Waals surface area contributed by atoms with Crippen LogP contribution in [-0.2, 0) is 0 Å². The van der Waals surface area contributed by atoms with Gasteiger partial charge < -0.3 is 10.8 Å². The smallest absolute Gasteiger partial charge is 0.133 e. The fourth-order valence-electron chi connectivity index (χ4n) is 2.83. The molecule has 1 aromatic heterocycles. The van der Waals surface area contributed by atoms with Gasteiger partial charge in [0.2, 0.25) is 0 Å². The van der Waals surface area contributed by atoms with Gasteiger partial charge in [-0.3, -0.25) is 4.98 Å². The lowest BCUT2D eigenvalue weighted by Gasteiger charge is -2.17. The van der Waals surface area contributed by atoms with E-state index in [1.807, 2.05) is 56.4 Å². The number of pyridine rings is 1. The Kier molecular flexibility index (Phi) is 6.98. The molecular weight excluding hydrogens is 320 g/mol. The third-order valence-corrected chi connectivity index (χ3v) is 4.21. The lowest BCUT2D eigenvalue weighted by molar-refractivity contribution is 0.471. The zero-order valence-corrected chi connectivity index (χ0v) is 15.4. The first-order chi connectivity index (χ1) is 12.6. The number of hydrogen-bond donors (Lipinski definition) is 2. The Morgan fingerprint density at radius 3 is 2.69 bits per heavy atom. The Morgan fingerprint density at radius 2 is 2.08 bits per heavy atom. The molecule has 1 atom stereocenters. The summed E-state index contributed by atoms with van der Waals surface area (Å²) in [6, 6.07) is 11.8. The quantitative estimate of drug-likeness (QED) is 0.527. The Bertz CT molecular complexity index is 830. The van der Waals surface area contributed by atoms with Gasteiger partial charge in [-0.25, -0.2) is 0 Å². The van der Waals surface area contributed by atoms with Crippen LogP contribution in [0.15, 0.2) is 85.3 Å². The molecule has 3 heteroatoms. The third kappa shape index (κ3) is 4.73. The van der Waals surface area contributed by atoms with E-state index in [9.17, 15) is 5.11 Å². The molecule has 0 saturated carbocycles. The van der Waals surface area contributed by atoms with Crippen LogP contribution in [0.1, 0.15) is 43.0 Å². The predicted octanol–water partition coefficient (Wildman–Crippen LogP) is 5.32. The number of aromatic hydroxyl groups is 1. The van der Waals surface area contributed by atoms with Crippen molar-refractivity contribution in [3.05, 3.63) is 102 Å². The lowest BCUT2D eigenvalue weighted by atomic mass is 9.89. The molecule has 26 heavy (non-hydrogen) atoms. The van der Waals surface area contributed by atoms with Gasteiger partial charge in [-0.15, -0.1) is 6.58 Å². The molecule has 2 rings (SSSR count). The van der Waals surface area contributed by atoms with Gasteiger partial charge in [0.1, 0.15) is 5.75 Å². The molecule has 0 aliphatic rings. The van der Waals surface area contributed by atoms with E-state index in [1.165, 1.54) is 6.20 Å². The topological polar surface area (TPSA) is 59.1 Å². The molecule has 134 valence electrons. The predicted molar refractivity (Wildman–Crippen MR) is 110 cm³/mol. The van der Waals surface area contributed by atoms with E-state index in [0.29, 0.717) is 0 Å². The Morgan fingerprint density at radius 1 is 1.27 bits per heavy atom. The van der Waals surface area contributed by atoms with Crippen molar-refractivity contribution in [2.75, 3.05) is 0 Å². The van der Waals surface area contributed by atoms with Crippen LogP contribution >= 0.6 is 0 Å². The van der Waals surface area contributed by atoms with Crippen molar-refractivity contribution in [2.24, 2.45) is 5.73 Å². The van der Waals surface area contributed by atoms with Gasteiger partial charge in [-0.05, 0) is 43.5 Å². The first-order valence-corrected chi connectivity index (χ1v) is 8.72. The van der Waals surface area contributed by atoms with E-state index in [4.69, 9.17) is 5.73 Å². The normalized spacial score (nSPS) is 13.8. The highest BCUT2D eigenvalue weighted by molar-refractivity contribution is 5.79. The van der Waals surface area contributed by atoms with Crippen molar-refractivity contribution >= 4 is 5.57 Å². The van der Waals surface area contributed by atoms with Crippen molar-refractivity contribution < 1.29 is 5.11 Å². The SMILES string of the molecule is C=CCC(c1cccc(C(=C/C=C\C)/C(N)=C\C)c1)c1ccc(O)cn1. The molecule has 0 radical (unpaired) electrons. The highest BCUT2D eigenvalue weighted by Crippen LogP contribution is 2.30. The van der Waals surface area contributed by atoms with Gasteiger partial charge in [0.05, 0.1) is 6.20 Å². The molecule has 0 aliphatic heterocycles.